The predicted octanol–water partition coefficient (Wildman–Crippen LogP) is 5.16. The lowest BCUT2D eigenvalue weighted by molar-refractivity contribution is 0.453. The van der Waals surface area contributed by atoms with Crippen molar-refractivity contribution in [3.63, 3.8) is 0 Å². The third-order valence-corrected chi connectivity index (χ3v) is 3.80. The largest absolute Gasteiger partial charge is 0.437 e. The average Bonchev–Trinajstić information content (AvgIpc) is 2.43. The Morgan fingerprint density at radius 2 is 2.05 bits per heavy atom. The molecule has 6 heteroatoms. The van der Waals surface area contributed by atoms with Gasteiger partial charge in [-0.05, 0) is 46.7 Å². The smallest absolute Gasteiger partial charge is 0.223 e. The fraction of sp³-hybridized carbons (Fsp3) is 0.214. The number of halogens is 3. The third kappa shape index (κ3) is 4.19. The van der Waals surface area contributed by atoms with E-state index in [0.29, 0.717) is 23.2 Å². The normalized spacial score (nSPS) is 10.6. The molecule has 0 spiro atoms. The highest BCUT2D eigenvalue weighted by atomic mass is 79.9. The average molecular weight is 421 g/mol. The lowest BCUT2D eigenvalue weighted by Crippen LogP contribution is -2.13. The summed E-state index contributed by atoms with van der Waals surface area (Å²) in [4.78, 5) is 4.31. The van der Waals surface area contributed by atoms with Crippen LogP contribution in [0.25, 0.3) is 0 Å². The van der Waals surface area contributed by atoms with Gasteiger partial charge < -0.3 is 10.1 Å². The van der Waals surface area contributed by atoms with Gasteiger partial charge in [0.1, 0.15) is 5.75 Å². The molecule has 20 heavy (non-hydrogen) atoms. The van der Waals surface area contributed by atoms with E-state index < -0.39 is 0 Å². The van der Waals surface area contributed by atoms with E-state index in [1.165, 1.54) is 0 Å². The molecule has 1 N–H and O–H groups in total. The summed E-state index contributed by atoms with van der Waals surface area (Å²) in [6, 6.07) is 7.45. The van der Waals surface area contributed by atoms with Crippen LogP contribution >= 0.6 is 43.5 Å². The molecule has 0 radical (unpaired) electrons. The molecule has 0 aliphatic rings. The van der Waals surface area contributed by atoms with Crippen LogP contribution in [0, 0.1) is 0 Å². The fourth-order valence-corrected chi connectivity index (χ4v) is 2.48. The van der Waals surface area contributed by atoms with Crippen molar-refractivity contribution in [3.8, 4) is 11.6 Å². The first-order chi connectivity index (χ1) is 9.60. The second-order valence-electron chi connectivity index (χ2n) is 4.07. The molecular weight excluding hydrogens is 407 g/mol. The van der Waals surface area contributed by atoms with Gasteiger partial charge in [-0.15, -0.1) is 0 Å². The summed E-state index contributed by atoms with van der Waals surface area (Å²) in [5.74, 6) is 1.13. The molecule has 2 aromatic rings. The molecule has 0 unspecified atom stereocenters. The van der Waals surface area contributed by atoms with E-state index in [1.807, 2.05) is 18.2 Å². The number of hydrogen-bond acceptors (Lipinski definition) is 3. The van der Waals surface area contributed by atoms with Crippen molar-refractivity contribution in [1.82, 2.24) is 10.3 Å². The van der Waals surface area contributed by atoms with Crippen molar-refractivity contribution in [2.75, 3.05) is 6.54 Å². The molecule has 3 nitrogen and oxygen atoms in total. The third-order valence-electron chi connectivity index (χ3n) is 2.56. The second kappa shape index (κ2) is 7.41. The lowest BCUT2D eigenvalue weighted by Gasteiger charge is -2.12. The fourth-order valence-electron chi connectivity index (χ4n) is 1.61. The molecular formula is C14H13Br2ClN2O. The lowest BCUT2D eigenvalue weighted by atomic mass is 10.2. The first kappa shape index (κ1) is 15.8. The van der Waals surface area contributed by atoms with Crippen LogP contribution in [0.3, 0.4) is 0 Å². The Kier molecular flexibility index (Phi) is 5.84. The van der Waals surface area contributed by atoms with Crippen LogP contribution in [0.15, 0.2) is 39.4 Å². The van der Waals surface area contributed by atoms with Crippen molar-refractivity contribution in [3.05, 3.63) is 50.0 Å². The van der Waals surface area contributed by atoms with E-state index >= 15 is 0 Å². The highest BCUT2D eigenvalue weighted by Gasteiger charge is 2.10. The summed E-state index contributed by atoms with van der Waals surface area (Å²) in [5.41, 5.74) is 0.970. The van der Waals surface area contributed by atoms with Crippen molar-refractivity contribution in [2.24, 2.45) is 0 Å². The number of nitrogens with one attached hydrogen (secondary N) is 1. The molecule has 0 bridgehead atoms. The molecule has 0 aliphatic carbocycles. The van der Waals surface area contributed by atoms with Gasteiger partial charge in [-0.1, -0.05) is 34.5 Å². The molecule has 0 atom stereocenters. The van der Waals surface area contributed by atoms with Crippen LogP contribution < -0.4 is 10.1 Å². The quantitative estimate of drug-likeness (QED) is 0.725. The van der Waals surface area contributed by atoms with E-state index in [-0.39, 0.29) is 0 Å². The number of benzene rings is 1. The monoisotopic (exact) mass is 418 g/mol. The highest BCUT2D eigenvalue weighted by molar-refractivity contribution is 9.10. The molecule has 0 saturated carbocycles. The van der Waals surface area contributed by atoms with Crippen molar-refractivity contribution in [1.29, 1.82) is 0 Å². The van der Waals surface area contributed by atoms with Gasteiger partial charge in [-0.3, -0.25) is 0 Å². The topological polar surface area (TPSA) is 34.2 Å². The van der Waals surface area contributed by atoms with E-state index in [2.05, 4.69) is 49.1 Å². The molecule has 0 saturated heterocycles. The summed E-state index contributed by atoms with van der Waals surface area (Å²) in [6.45, 7) is 3.62. The van der Waals surface area contributed by atoms with Crippen LogP contribution in [0.2, 0.25) is 5.02 Å². The number of hydrogen-bond donors (Lipinski definition) is 1. The Hall–Kier alpha value is -0.620. The van der Waals surface area contributed by atoms with Gasteiger partial charge in [-0.25, -0.2) is 4.98 Å². The van der Waals surface area contributed by atoms with Gasteiger partial charge >= 0.3 is 0 Å². The van der Waals surface area contributed by atoms with Crippen molar-refractivity contribution >= 4 is 43.5 Å². The van der Waals surface area contributed by atoms with Crippen molar-refractivity contribution < 1.29 is 4.74 Å². The highest BCUT2D eigenvalue weighted by Crippen LogP contribution is 2.33. The van der Waals surface area contributed by atoms with Gasteiger partial charge in [0.25, 0.3) is 0 Å². The Morgan fingerprint density at radius 1 is 1.25 bits per heavy atom. The number of nitrogens with zero attached hydrogens (tertiary/aromatic N) is 1. The van der Waals surface area contributed by atoms with Crippen molar-refractivity contribution in [2.45, 2.75) is 13.5 Å². The first-order valence-corrected chi connectivity index (χ1v) is 8.04. The van der Waals surface area contributed by atoms with Gasteiger partial charge in [-0.2, -0.15) is 0 Å². The second-order valence-corrected chi connectivity index (χ2v) is 6.31. The van der Waals surface area contributed by atoms with E-state index in [1.54, 1.807) is 12.3 Å². The van der Waals surface area contributed by atoms with Crippen LogP contribution in [-0.2, 0) is 6.54 Å². The summed E-state index contributed by atoms with van der Waals surface area (Å²) < 4.78 is 7.66. The Morgan fingerprint density at radius 3 is 2.80 bits per heavy atom. The van der Waals surface area contributed by atoms with E-state index in [0.717, 1.165) is 21.1 Å². The van der Waals surface area contributed by atoms with Gasteiger partial charge in [0.2, 0.25) is 5.88 Å². The van der Waals surface area contributed by atoms with Gasteiger partial charge in [0, 0.05) is 27.3 Å². The maximum absolute atomic E-state index is 6.14. The zero-order valence-corrected chi connectivity index (χ0v) is 14.7. The molecule has 1 heterocycles. The summed E-state index contributed by atoms with van der Waals surface area (Å²) in [5, 5.41) is 3.81. The first-order valence-electron chi connectivity index (χ1n) is 6.08. The Balaban J connectivity index is 2.30. The van der Waals surface area contributed by atoms with Crippen LogP contribution in [0.4, 0.5) is 0 Å². The molecule has 2 rings (SSSR count). The number of rotatable bonds is 5. The predicted molar refractivity (Wildman–Crippen MR) is 88.5 cm³/mol. The van der Waals surface area contributed by atoms with Gasteiger partial charge in [0.15, 0.2) is 0 Å². The molecule has 1 aromatic carbocycles. The minimum atomic E-state index is 0.548. The maximum Gasteiger partial charge on any atom is 0.223 e. The Labute approximate surface area is 140 Å². The molecule has 0 aliphatic heterocycles. The molecule has 1 aromatic heterocycles. The summed E-state index contributed by atoms with van der Waals surface area (Å²) in [7, 11) is 0. The minimum absolute atomic E-state index is 0.548. The minimum Gasteiger partial charge on any atom is -0.437 e. The molecule has 0 amide bonds. The van der Waals surface area contributed by atoms with Gasteiger partial charge in [0.05, 0.1) is 5.02 Å². The molecule has 106 valence electrons. The Bertz CT molecular complexity index is 608. The SMILES string of the molecule is CCNCc1cc(Br)cnc1Oc1cc(Br)ccc1Cl. The standard InChI is InChI=1S/C14H13Br2ClN2O/c1-2-18-7-9-5-11(16)8-19-14(9)20-13-6-10(15)3-4-12(13)17/h3-6,8,18H,2,7H2,1H3. The number of pyridine rings is 1. The van der Waals surface area contributed by atoms with Crippen LogP contribution in [-0.4, -0.2) is 11.5 Å². The van der Waals surface area contributed by atoms with Crippen LogP contribution in [0.1, 0.15) is 12.5 Å². The zero-order chi connectivity index (χ0) is 14.5. The number of aromatic nitrogens is 1. The number of ether oxygens (including phenoxy) is 1. The van der Waals surface area contributed by atoms with Crippen LogP contribution in [0.5, 0.6) is 11.6 Å². The zero-order valence-electron chi connectivity index (χ0n) is 10.8. The maximum atomic E-state index is 6.14. The molecule has 0 fully saturated rings. The van der Waals surface area contributed by atoms with E-state index in [9.17, 15) is 0 Å². The van der Waals surface area contributed by atoms with E-state index in [4.69, 9.17) is 16.3 Å². The summed E-state index contributed by atoms with van der Waals surface area (Å²) in [6.07, 6.45) is 1.71. The summed E-state index contributed by atoms with van der Waals surface area (Å²) >= 11 is 13.0.